The van der Waals surface area contributed by atoms with Gasteiger partial charge in [0.1, 0.15) is 12.4 Å². The molecule has 0 radical (unpaired) electrons. The van der Waals surface area contributed by atoms with Gasteiger partial charge in [0.2, 0.25) is 0 Å². The Hall–Kier alpha value is -2.33. The number of aliphatic hydroxyl groups is 1. The second kappa shape index (κ2) is 8.20. The van der Waals surface area contributed by atoms with Crippen molar-refractivity contribution in [2.75, 3.05) is 6.61 Å². The van der Waals surface area contributed by atoms with Gasteiger partial charge in [0.05, 0.1) is 19.6 Å². The summed E-state index contributed by atoms with van der Waals surface area (Å²) >= 11 is 0. The van der Waals surface area contributed by atoms with Gasteiger partial charge in [0.25, 0.3) is 0 Å². The summed E-state index contributed by atoms with van der Waals surface area (Å²) in [5, 5.41) is 9.11. The van der Waals surface area contributed by atoms with Crippen molar-refractivity contribution in [3.05, 3.63) is 65.2 Å². The first-order chi connectivity index (χ1) is 10.7. The summed E-state index contributed by atoms with van der Waals surface area (Å²) in [4.78, 5) is 11.6. The molecule has 0 fully saturated rings. The van der Waals surface area contributed by atoms with Crippen molar-refractivity contribution >= 4 is 5.97 Å². The van der Waals surface area contributed by atoms with Gasteiger partial charge in [-0.3, -0.25) is 4.79 Å². The molecular formula is C18H20O4. The molecule has 0 amide bonds. The maximum absolute atomic E-state index is 11.6. The Morgan fingerprint density at radius 3 is 2.59 bits per heavy atom. The van der Waals surface area contributed by atoms with Crippen LogP contribution in [0.4, 0.5) is 0 Å². The number of benzene rings is 2. The second-order valence-corrected chi connectivity index (χ2v) is 4.99. The van der Waals surface area contributed by atoms with Crippen LogP contribution in [0.5, 0.6) is 5.75 Å². The summed E-state index contributed by atoms with van der Waals surface area (Å²) in [6.45, 7) is 2.47. The van der Waals surface area contributed by atoms with Crippen LogP contribution in [0, 0.1) is 6.92 Å². The topological polar surface area (TPSA) is 55.8 Å². The number of ether oxygens (including phenoxy) is 2. The van der Waals surface area contributed by atoms with Gasteiger partial charge in [0, 0.05) is 0 Å². The van der Waals surface area contributed by atoms with E-state index >= 15 is 0 Å². The van der Waals surface area contributed by atoms with Crippen LogP contribution < -0.4 is 4.74 Å². The van der Waals surface area contributed by atoms with Gasteiger partial charge in [-0.2, -0.15) is 0 Å². The molecule has 0 bridgehead atoms. The van der Waals surface area contributed by atoms with E-state index in [4.69, 9.17) is 14.6 Å². The summed E-state index contributed by atoms with van der Waals surface area (Å²) < 4.78 is 10.7. The number of carbonyl (C=O) groups is 1. The smallest absolute Gasteiger partial charge is 0.309 e. The molecule has 0 saturated carbocycles. The van der Waals surface area contributed by atoms with Gasteiger partial charge >= 0.3 is 5.97 Å². The minimum atomic E-state index is -0.285. The Labute approximate surface area is 130 Å². The Kier molecular flexibility index (Phi) is 5.98. The highest BCUT2D eigenvalue weighted by Crippen LogP contribution is 2.17. The van der Waals surface area contributed by atoms with Crippen LogP contribution in [0.15, 0.2) is 48.5 Å². The van der Waals surface area contributed by atoms with Crippen LogP contribution in [0.2, 0.25) is 0 Å². The molecule has 2 aromatic rings. The lowest BCUT2D eigenvalue weighted by atomic mass is 10.1. The zero-order chi connectivity index (χ0) is 15.8. The highest BCUT2D eigenvalue weighted by molar-refractivity contribution is 5.69. The van der Waals surface area contributed by atoms with Gasteiger partial charge in [-0.25, -0.2) is 0 Å². The second-order valence-electron chi connectivity index (χ2n) is 4.99. The summed E-state index contributed by atoms with van der Waals surface area (Å²) in [7, 11) is 0. The molecule has 0 aliphatic rings. The summed E-state index contributed by atoms with van der Waals surface area (Å²) in [5.74, 6) is 0.401. The van der Waals surface area contributed by atoms with Crippen LogP contribution in [-0.2, 0) is 22.7 Å². The van der Waals surface area contributed by atoms with E-state index in [1.165, 1.54) is 0 Å². The number of esters is 1. The molecule has 4 heteroatoms. The molecule has 0 unspecified atom stereocenters. The van der Waals surface area contributed by atoms with Gasteiger partial charge in [0.15, 0.2) is 0 Å². The van der Waals surface area contributed by atoms with Crippen molar-refractivity contribution in [1.82, 2.24) is 0 Å². The lowest BCUT2D eigenvalue weighted by molar-refractivity contribution is -0.145. The van der Waals surface area contributed by atoms with Crippen molar-refractivity contribution in [3.63, 3.8) is 0 Å². The van der Waals surface area contributed by atoms with Crippen LogP contribution in [0.3, 0.4) is 0 Å². The number of hydrogen-bond acceptors (Lipinski definition) is 4. The lowest BCUT2D eigenvalue weighted by Crippen LogP contribution is -2.10. The zero-order valence-electron chi connectivity index (χ0n) is 12.6. The maximum Gasteiger partial charge on any atom is 0.309 e. The monoisotopic (exact) mass is 300 g/mol. The van der Waals surface area contributed by atoms with Crippen LogP contribution in [0.1, 0.15) is 23.1 Å². The SMILES string of the molecule is Cc1cc(OCCC(=O)OCc2ccccc2)ccc1CO. The predicted molar refractivity (Wildman–Crippen MR) is 83.5 cm³/mol. The van der Waals surface area contributed by atoms with Crippen LogP contribution in [0.25, 0.3) is 0 Å². The molecule has 0 saturated heterocycles. The molecule has 0 aliphatic heterocycles. The molecule has 2 aromatic carbocycles. The van der Waals surface area contributed by atoms with Crippen LogP contribution in [-0.4, -0.2) is 17.7 Å². The average Bonchev–Trinajstić information content (AvgIpc) is 2.54. The van der Waals surface area contributed by atoms with E-state index in [2.05, 4.69) is 0 Å². The number of hydrogen-bond donors (Lipinski definition) is 1. The highest BCUT2D eigenvalue weighted by Gasteiger charge is 2.05. The largest absolute Gasteiger partial charge is 0.493 e. The Bertz CT molecular complexity index is 608. The fourth-order valence-corrected chi connectivity index (χ4v) is 2.00. The van der Waals surface area contributed by atoms with Crippen molar-refractivity contribution in [2.24, 2.45) is 0 Å². The average molecular weight is 300 g/mol. The van der Waals surface area contributed by atoms with Gasteiger partial charge in [-0.05, 0) is 35.7 Å². The Balaban J connectivity index is 1.72. The molecule has 0 aliphatic carbocycles. The fourth-order valence-electron chi connectivity index (χ4n) is 2.00. The van der Waals surface area contributed by atoms with E-state index in [0.29, 0.717) is 5.75 Å². The van der Waals surface area contributed by atoms with Gasteiger partial charge in [-0.1, -0.05) is 36.4 Å². The van der Waals surface area contributed by atoms with Crippen molar-refractivity contribution in [3.8, 4) is 5.75 Å². The van der Waals surface area contributed by atoms with E-state index in [0.717, 1.165) is 16.7 Å². The van der Waals surface area contributed by atoms with Gasteiger partial charge in [-0.15, -0.1) is 0 Å². The standard InChI is InChI=1S/C18H20O4/c1-14-11-17(8-7-16(14)12-19)21-10-9-18(20)22-13-15-5-3-2-4-6-15/h2-8,11,19H,9-10,12-13H2,1H3. The summed E-state index contributed by atoms with van der Waals surface area (Å²) in [6.07, 6.45) is 0.202. The number of carbonyl (C=O) groups excluding carboxylic acids is 1. The van der Waals surface area contributed by atoms with E-state index in [9.17, 15) is 4.79 Å². The Morgan fingerprint density at radius 2 is 1.91 bits per heavy atom. The predicted octanol–water partition coefficient (Wildman–Crippen LogP) is 3.00. The molecule has 0 heterocycles. The number of rotatable bonds is 7. The minimum Gasteiger partial charge on any atom is -0.493 e. The highest BCUT2D eigenvalue weighted by atomic mass is 16.5. The third-order valence-electron chi connectivity index (χ3n) is 3.30. The molecule has 0 spiro atoms. The first-order valence-corrected chi connectivity index (χ1v) is 7.22. The molecule has 22 heavy (non-hydrogen) atoms. The lowest BCUT2D eigenvalue weighted by Gasteiger charge is -2.09. The first-order valence-electron chi connectivity index (χ1n) is 7.22. The third-order valence-corrected chi connectivity index (χ3v) is 3.30. The summed E-state index contributed by atoms with van der Waals surface area (Å²) in [5.41, 5.74) is 2.80. The zero-order valence-corrected chi connectivity index (χ0v) is 12.6. The van der Waals surface area contributed by atoms with Crippen molar-refractivity contribution in [1.29, 1.82) is 0 Å². The van der Waals surface area contributed by atoms with Crippen molar-refractivity contribution in [2.45, 2.75) is 26.6 Å². The Morgan fingerprint density at radius 1 is 1.14 bits per heavy atom. The maximum atomic E-state index is 11.6. The fraction of sp³-hybridized carbons (Fsp3) is 0.278. The van der Waals surface area contributed by atoms with Crippen LogP contribution >= 0.6 is 0 Å². The van der Waals surface area contributed by atoms with E-state index in [1.54, 1.807) is 6.07 Å². The molecule has 4 nitrogen and oxygen atoms in total. The van der Waals surface area contributed by atoms with E-state index in [-0.39, 0.29) is 32.2 Å². The molecular weight excluding hydrogens is 280 g/mol. The summed E-state index contributed by atoms with van der Waals surface area (Å²) in [6, 6.07) is 15.0. The molecule has 2 rings (SSSR count). The van der Waals surface area contributed by atoms with E-state index in [1.807, 2.05) is 49.4 Å². The third kappa shape index (κ3) is 4.90. The molecule has 0 atom stereocenters. The molecule has 1 N–H and O–H groups in total. The van der Waals surface area contributed by atoms with Gasteiger partial charge < -0.3 is 14.6 Å². The number of aliphatic hydroxyl groups excluding tert-OH is 1. The minimum absolute atomic E-state index is 0.0118. The molecule has 116 valence electrons. The molecule has 0 aromatic heterocycles. The number of aryl methyl sites for hydroxylation is 1. The normalized spacial score (nSPS) is 10.3. The van der Waals surface area contributed by atoms with E-state index < -0.39 is 0 Å². The first kappa shape index (κ1) is 16.0. The quantitative estimate of drug-likeness (QED) is 0.799. The van der Waals surface area contributed by atoms with Crippen molar-refractivity contribution < 1.29 is 19.4 Å².